The van der Waals surface area contributed by atoms with Crippen LogP contribution in [0.1, 0.15) is 36.8 Å². The van der Waals surface area contributed by atoms with Gasteiger partial charge in [0.1, 0.15) is 10.0 Å². The number of methoxy groups -OCH3 is 1. The van der Waals surface area contributed by atoms with Gasteiger partial charge < -0.3 is 20.5 Å². The lowest BCUT2D eigenvalue weighted by Gasteiger charge is -2.36. The Morgan fingerprint density at radius 2 is 2.03 bits per heavy atom. The van der Waals surface area contributed by atoms with Crippen molar-refractivity contribution in [1.29, 1.82) is 0 Å². The third kappa shape index (κ3) is 5.55. The summed E-state index contributed by atoms with van der Waals surface area (Å²) in [5.41, 5.74) is 4.90. The Hall–Kier alpha value is -3.32. The van der Waals surface area contributed by atoms with E-state index in [1.54, 1.807) is 23.1 Å². The molecule has 1 aliphatic heterocycles. The van der Waals surface area contributed by atoms with Gasteiger partial charge in [-0.2, -0.15) is 5.10 Å². The van der Waals surface area contributed by atoms with E-state index in [1.165, 1.54) is 16.2 Å². The van der Waals surface area contributed by atoms with E-state index in [9.17, 15) is 14.7 Å². The lowest BCUT2D eigenvalue weighted by molar-refractivity contribution is -0.116. The van der Waals surface area contributed by atoms with Crippen molar-refractivity contribution in [3.8, 4) is 21.7 Å². The Balaban J connectivity index is 1.51. The average Bonchev–Trinajstić information content (AvgIpc) is 3.59. The van der Waals surface area contributed by atoms with E-state index < -0.39 is 6.09 Å². The molecule has 12 heteroatoms. The highest BCUT2D eigenvalue weighted by Gasteiger charge is 2.37. The molecule has 5 rings (SSSR count). The predicted molar refractivity (Wildman–Crippen MR) is 155 cm³/mol. The van der Waals surface area contributed by atoms with Crippen molar-refractivity contribution in [2.24, 2.45) is 7.05 Å². The number of nitrogens with one attached hydrogen (secondary N) is 2. The van der Waals surface area contributed by atoms with Crippen molar-refractivity contribution in [1.82, 2.24) is 25.0 Å². The van der Waals surface area contributed by atoms with E-state index in [1.807, 2.05) is 33.3 Å². The Kier molecular flexibility index (Phi) is 7.98. The van der Waals surface area contributed by atoms with Gasteiger partial charge in [-0.1, -0.05) is 6.07 Å². The summed E-state index contributed by atoms with van der Waals surface area (Å²) in [5.74, 6) is -0.101. The van der Waals surface area contributed by atoms with E-state index in [2.05, 4.69) is 33.9 Å². The number of thiophene rings is 1. The van der Waals surface area contributed by atoms with Gasteiger partial charge in [0.2, 0.25) is 5.91 Å². The Morgan fingerprint density at radius 3 is 2.74 bits per heavy atom. The van der Waals surface area contributed by atoms with Crippen molar-refractivity contribution in [2.75, 3.05) is 32.1 Å². The molecule has 0 saturated carbocycles. The number of amides is 2. The Bertz CT molecular complexity index is 1510. The zero-order valence-electron chi connectivity index (χ0n) is 22.4. The summed E-state index contributed by atoms with van der Waals surface area (Å²) >= 11 is 3.04. The van der Waals surface area contributed by atoms with Gasteiger partial charge in [-0.3, -0.25) is 14.4 Å². The summed E-state index contributed by atoms with van der Waals surface area (Å²) in [6.07, 6.45) is 3.74. The zero-order chi connectivity index (χ0) is 27.7. The van der Waals surface area contributed by atoms with Crippen LogP contribution in [0.5, 0.6) is 0 Å². The predicted octanol–water partition coefficient (Wildman–Crippen LogP) is 4.98. The van der Waals surface area contributed by atoms with Gasteiger partial charge in [-0.15, -0.1) is 22.7 Å². The molecule has 1 aromatic carbocycles. The number of rotatable bonds is 9. The van der Waals surface area contributed by atoms with Gasteiger partial charge in [0.15, 0.2) is 0 Å². The molecule has 0 spiro atoms. The number of fused-ring (bicyclic) bond motifs is 2. The van der Waals surface area contributed by atoms with Crippen LogP contribution in [0, 0.1) is 0 Å². The average molecular weight is 569 g/mol. The first-order valence-corrected chi connectivity index (χ1v) is 14.5. The van der Waals surface area contributed by atoms with Crippen molar-refractivity contribution in [3.63, 3.8) is 0 Å². The van der Waals surface area contributed by atoms with E-state index in [-0.39, 0.29) is 18.0 Å². The van der Waals surface area contributed by atoms with Crippen LogP contribution in [0.4, 0.5) is 9.80 Å². The molecule has 0 radical (unpaired) electrons. The zero-order valence-corrected chi connectivity index (χ0v) is 24.0. The summed E-state index contributed by atoms with van der Waals surface area (Å²) < 4.78 is 7.86. The number of nitrogens with zero attached hydrogens (tertiary/aromatic N) is 4. The number of thiazole rings is 1. The molecule has 3 aromatic heterocycles. The summed E-state index contributed by atoms with van der Waals surface area (Å²) in [6, 6.07) is 5.68. The minimum atomic E-state index is -0.939. The van der Waals surface area contributed by atoms with Gasteiger partial charge in [0.05, 0.1) is 29.1 Å². The van der Waals surface area contributed by atoms with E-state index in [0.29, 0.717) is 32.5 Å². The van der Waals surface area contributed by atoms with Crippen LogP contribution in [-0.4, -0.2) is 69.6 Å². The number of hydrogen-bond donors (Lipinski definition) is 3. The van der Waals surface area contributed by atoms with Crippen LogP contribution >= 0.6 is 22.7 Å². The molecule has 10 nitrogen and oxygen atoms in total. The normalized spacial score (nSPS) is 17.0. The fraction of sp³-hybridized carbons (Fsp3) is 0.407. The molecular formula is C27H32N6O4S2. The number of hydrogen-bond acceptors (Lipinski definition) is 8. The molecule has 0 saturated heterocycles. The summed E-state index contributed by atoms with van der Waals surface area (Å²) in [5, 5.41) is 22.0. The Morgan fingerprint density at radius 1 is 1.21 bits per heavy atom. The highest BCUT2D eigenvalue weighted by Crippen LogP contribution is 2.50. The van der Waals surface area contributed by atoms with Crippen molar-refractivity contribution in [2.45, 2.75) is 38.8 Å². The van der Waals surface area contributed by atoms with Crippen molar-refractivity contribution in [3.05, 3.63) is 41.0 Å². The van der Waals surface area contributed by atoms with Gasteiger partial charge in [-0.25, -0.2) is 9.78 Å². The van der Waals surface area contributed by atoms with Gasteiger partial charge in [0, 0.05) is 61.9 Å². The number of aromatic nitrogens is 3. The topological polar surface area (TPSA) is 122 Å². The smallest absolute Gasteiger partial charge is 0.408 e. The fourth-order valence-electron chi connectivity index (χ4n) is 5.07. The molecule has 4 heterocycles. The maximum absolute atomic E-state index is 12.9. The van der Waals surface area contributed by atoms with E-state index in [4.69, 9.17) is 9.72 Å². The molecule has 3 N–H and O–H groups in total. The largest absolute Gasteiger partial charge is 0.465 e. The maximum Gasteiger partial charge on any atom is 0.408 e. The van der Waals surface area contributed by atoms with Crippen LogP contribution in [0.2, 0.25) is 0 Å². The lowest BCUT2D eigenvalue weighted by Crippen LogP contribution is -2.43. The minimum absolute atomic E-state index is 0.101. The van der Waals surface area contributed by atoms with Gasteiger partial charge in [-0.05, 0) is 43.5 Å². The molecule has 4 aromatic rings. The fourth-order valence-corrected chi connectivity index (χ4v) is 7.46. The Labute approximate surface area is 234 Å². The molecule has 0 aliphatic carbocycles. The van der Waals surface area contributed by atoms with Crippen LogP contribution in [0.15, 0.2) is 30.6 Å². The highest BCUT2D eigenvalue weighted by atomic mass is 32.1. The summed E-state index contributed by atoms with van der Waals surface area (Å²) in [4.78, 5) is 32.4. The third-order valence-electron chi connectivity index (χ3n) is 6.93. The monoisotopic (exact) mass is 568 g/mol. The summed E-state index contributed by atoms with van der Waals surface area (Å²) in [7, 11) is 3.53. The lowest BCUT2D eigenvalue weighted by atomic mass is 9.93. The molecule has 2 unspecified atom stereocenters. The van der Waals surface area contributed by atoms with Gasteiger partial charge >= 0.3 is 6.09 Å². The van der Waals surface area contributed by atoms with Crippen LogP contribution in [0.25, 0.3) is 31.9 Å². The number of carbonyl (C=O) groups excluding carboxylic acids is 1. The molecule has 2 amide bonds. The van der Waals surface area contributed by atoms with Crippen molar-refractivity contribution >= 4 is 49.9 Å². The number of carboxylic acid groups (broad SMARTS) is 1. The first-order valence-electron chi connectivity index (χ1n) is 12.8. The second kappa shape index (κ2) is 11.4. The van der Waals surface area contributed by atoms with Crippen LogP contribution in [-0.2, 0) is 23.0 Å². The quantitative estimate of drug-likeness (QED) is 0.244. The summed E-state index contributed by atoms with van der Waals surface area (Å²) in [6.45, 7) is 5.63. The number of benzene rings is 1. The third-order valence-corrected chi connectivity index (χ3v) is 9.31. The number of aryl methyl sites for hydroxylation is 1. The maximum atomic E-state index is 12.9. The molecule has 2 atom stereocenters. The standard InChI is InChI=1S/C27H32N6O4S2/c1-15-11-19-23(25-30-20-12-17(5-6-21(20)38-25)18-13-29-32(3)14-18)26(31-22(34)7-8-28-9-10-37-4)39-24(19)16(2)33(15)27(35)36/h5-6,12-16,28H,7-11H2,1-4H3,(H,31,34)(H,35,36). The molecule has 0 bridgehead atoms. The number of carbonyl (C=O) groups is 2. The van der Waals surface area contributed by atoms with Crippen molar-refractivity contribution < 1.29 is 19.4 Å². The van der Waals surface area contributed by atoms with E-state index in [0.717, 1.165) is 47.4 Å². The molecule has 39 heavy (non-hydrogen) atoms. The van der Waals surface area contributed by atoms with E-state index >= 15 is 0 Å². The first-order chi connectivity index (χ1) is 18.8. The SMILES string of the molecule is COCCNCCC(=O)Nc1sc2c(c1-c1nc3cc(-c4cnn(C)c4)ccc3s1)CC(C)N(C(=O)O)C2C. The number of anilines is 1. The molecule has 1 aliphatic rings. The minimum Gasteiger partial charge on any atom is -0.465 e. The first kappa shape index (κ1) is 27.3. The molecule has 0 fully saturated rings. The molecule has 206 valence electrons. The van der Waals surface area contributed by atoms with Gasteiger partial charge in [0.25, 0.3) is 0 Å². The highest BCUT2D eigenvalue weighted by molar-refractivity contribution is 7.23. The number of ether oxygens (including phenoxy) is 1. The molecular weight excluding hydrogens is 536 g/mol. The second-order valence-electron chi connectivity index (χ2n) is 9.71. The second-order valence-corrected chi connectivity index (χ2v) is 11.8. The van der Waals surface area contributed by atoms with Crippen LogP contribution < -0.4 is 10.6 Å². The van der Waals surface area contributed by atoms with Crippen LogP contribution in [0.3, 0.4) is 0 Å².